The molecule has 8 heteroatoms. The van der Waals surface area contributed by atoms with Gasteiger partial charge in [0.25, 0.3) is 11.6 Å². The average Bonchev–Trinajstić information content (AvgIpc) is 2.34. The third kappa shape index (κ3) is 3.17. The first-order valence-electron chi connectivity index (χ1n) is 4.98. The maximum absolute atomic E-state index is 11.3. The number of rotatable bonds is 5. The van der Waals surface area contributed by atoms with Crippen LogP contribution < -0.4 is 16.4 Å². The van der Waals surface area contributed by atoms with Crippen molar-refractivity contribution in [1.82, 2.24) is 5.32 Å². The van der Waals surface area contributed by atoms with Crippen molar-refractivity contribution in [2.45, 2.75) is 0 Å². The summed E-state index contributed by atoms with van der Waals surface area (Å²) >= 11 is 0. The fourth-order valence-corrected chi connectivity index (χ4v) is 1.30. The molecule has 0 saturated heterocycles. The number of nitro benzene ring substituents is 1. The van der Waals surface area contributed by atoms with Crippen LogP contribution in [-0.4, -0.2) is 30.3 Å². The number of hydrogen-bond acceptors (Lipinski definition) is 5. The van der Waals surface area contributed by atoms with Gasteiger partial charge in [0, 0.05) is 18.7 Å². The molecule has 1 rings (SSSR count). The van der Waals surface area contributed by atoms with E-state index < -0.39 is 16.7 Å². The van der Waals surface area contributed by atoms with Gasteiger partial charge >= 0.3 is 0 Å². The van der Waals surface area contributed by atoms with Crippen LogP contribution in [0.4, 0.5) is 11.4 Å². The first kappa shape index (κ1) is 13.4. The van der Waals surface area contributed by atoms with Crippen LogP contribution in [0.15, 0.2) is 18.2 Å². The number of nitrogens with two attached hydrogens (primary N) is 1. The molecule has 1 aromatic rings. The maximum atomic E-state index is 11.3. The molecule has 0 heterocycles. The van der Waals surface area contributed by atoms with E-state index in [-0.39, 0.29) is 23.5 Å². The molecule has 0 spiro atoms. The smallest absolute Gasteiger partial charge is 0.293 e. The second kappa shape index (κ2) is 5.62. The fraction of sp³-hybridized carbons (Fsp3) is 0.200. The van der Waals surface area contributed by atoms with Crippen LogP contribution in [0.5, 0.6) is 0 Å². The van der Waals surface area contributed by atoms with Crippen molar-refractivity contribution in [1.29, 1.82) is 0 Å². The van der Waals surface area contributed by atoms with Gasteiger partial charge in [-0.15, -0.1) is 0 Å². The highest BCUT2D eigenvalue weighted by molar-refractivity contribution is 5.95. The maximum Gasteiger partial charge on any atom is 0.293 e. The SMILES string of the molecule is CNC(=O)c1ccc(NCC(N)=O)c([N+](=O)[O-])c1. The molecular formula is C10H12N4O4. The van der Waals surface area contributed by atoms with Gasteiger partial charge < -0.3 is 16.4 Å². The highest BCUT2D eigenvalue weighted by atomic mass is 16.6. The lowest BCUT2D eigenvalue weighted by Gasteiger charge is -2.06. The monoisotopic (exact) mass is 252 g/mol. The van der Waals surface area contributed by atoms with Gasteiger partial charge in [0.05, 0.1) is 11.5 Å². The standard InChI is InChI=1S/C10H12N4O4/c1-12-10(16)6-2-3-7(13-5-9(11)15)8(4-6)14(17)18/h2-4,13H,5H2,1H3,(H2,11,15)(H,12,16). The zero-order valence-corrected chi connectivity index (χ0v) is 9.60. The van der Waals surface area contributed by atoms with E-state index in [9.17, 15) is 19.7 Å². The third-order valence-corrected chi connectivity index (χ3v) is 2.14. The van der Waals surface area contributed by atoms with E-state index in [4.69, 9.17) is 5.73 Å². The Morgan fingerprint density at radius 2 is 2.11 bits per heavy atom. The number of primary amides is 1. The molecule has 0 unspecified atom stereocenters. The number of carbonyl (C=O) groups is 2. The van der Waals surface area contributed by atoms with Crippen molar-refractivity contribution in [3.63, 3.8) is 0 Å². The summed E-state index contributed by atoms with van der Waals surface area (Å²) in [5, 5.41) is 15.7. The van der Waals surface area contributed by atoms with Gasteiger partial charge in [0.2, 0.25) is 5.91 Å². The summed E-state index contributed by atoms with van der Waals surface area (Å²) in [6.45, 7) is -0.222. The van der Waals surface area contributed by atoms with E-state index in [1.165, 1.54) is 19.2 Å². The molecule has 0 fully saturated rings. The Morgan fingerprint density at radius 3 is 2.61 bits per heavy atom. The summed E-state index contributed by atoms with van der Waals surface area (Å²) in [5.74, 6) is -1.07. The van der Waals surface area contributed by atoms with Gasteiger partial charge in [0.1, 0.15) is 5.69 Å². The van der Waals surface area contributed by atoms with Gasteiger partial charge in [-0.05, 0) is 12.1 Å². The first-order valence-corrected chi connectivity index (χ1v) is 4.98. The molecule has 0 saturated carbocycles. The number of nitrogens with zero attached hydrogens (tertiary/aromatic N) is 1. The molecule has 0 aliphatic rings. The minimum atomic E-state index is -0.643. The number of anilines is 1. The molecule has 0 radical (unpaired) electrons. The van der Waals surface area contributed by atoms with Crippen LogP contribution in [0.3, 0.4) is 0 Å². The van der Waals surface area contributed by atoms with Crippen molar-refractivity contribution in [3.05, 3.63) is 33.9 Å². The lowest BCUT2D eigenvalue weighted by molar-refractivity contribution is -0.384. The molecule has 18 heavy (non-hydrogen) atoms. The second-order valence-electron chi connectivity index (χ2n) is 3.39. The Hall–Kier alpha value is -2.64. The molecule has 0 aliphatic carbocycles. The largest absolute Gasteiger partial charge is 0.371 e. The van der Waals surface area contributed by atoms with E-state index in [0.29, 0.717) is 0 Å². The zero-order valence-electron chi connectivity index (χ0n) is 9.60. The Balaban J connectivity index is 3.08. The predicted octanol–water partition coefficient (Wildman–Crippen LogP) is -0.148. The highest BCUT2D eigenvalue weighted by Crippen LogP contribution is 2.25. The van der Waals surface area contributed by atoms with E-state index in [0.717, 1.165) is 6.07 Å². The summed E-state index contributed by atoms with van der Waals surface area (Å²) in [6.07, 6.45) is 0. The topological polar surface area (TPSA) is 127 Å². The molecule has 96 valence electrons. The second-order valence-corrected chi connectivity index (χ2v) is 3.39. The third-order valence-electron chi connectivity index (χ3n) is 2.14. The van der Waals surface area contributed by atoms with Crippen LogP contribution in [-0.2, 0) is 4.79 Å². The summed E-state index contributed by atoms with van der Waals surface area (Å²) in [6, 6.07) is 3.89. The Morgan fingerprint density at radius 1 is 1.44 bits per heavy atom. The predicted molar refractivity (Wildman–Crippen MR) is 64.2 cm³/mol. The van der Waals surface area contributed by atoms with E-state index >= 15 is 0 Å². The van der Waals surface area contributed by atoms with Gasteiger partial charge in [-0.3, -0.25) is 19.7 Å². The van der Waals surface area contributed by atoms with E-state index in [1.54, 1.807) is 0 Å². The summed E-state index contributed by atoms with van der Waals surface area (Å²) in [4.78, 5) is 32.1. The van der Waals surface area contributed by atoms with Crippen LogP contribution in [0.25, 0.3) is 0 Å². The first-order chi connectivity index (χ1) is 8.45. The average molecular weight is 252 g/mol. The minimum Gasteiger partial charge on any atom is -0.371 e. The van der Waals surface area contributed by atoms with E-state index in [2.05, 4.69) is 10.6 Å². The Kier molecular flexibility index (Phi) is 4.19. The summed E-state index contributed by atoms with van der Waals surface area (Å²) < 4.78 is 0. The molecular weight excluding hydrogens is 240 g/mol. The van der Waals surface area contributed by atoms with E-state index in [1.807, 2.05) is 0 Å². The number of benzene rings is 1. The number of amides is 2. The zero-order chi connectivity index (χ0) is 13.7. The van der Waals surface area contributed by atoms with Gasteiger partial charge in [0.15, 0.2) is 0 Å². The summed E-state index contributed by atoms with van der Waals surface area (Å²) in [7, 11) is 1.42. The summed E-state index contributed by atoms with van der Waals surface area (Å²) in [5.41, 5.74) is 4.93. The molecule has 0 aromatic heterocycles. The lowest BCUT2D eigenvalue weighted by Crippen LogP contribution is -2.22. The molecule has 4 N–H and O–H groups in total. The minimum absolute atomic E-state index is 0.131. The molecule has 0 bridgehead atoms. The molecule has 0 aliphatic heterocycles. The highest BCUT2D eigenvalue weighted by Gasteiger charge is 2.17. The normalized spacial score (nSPS) is 9.61. The van der Waals surface area contributed by atoms with Gasteiger partial charge in [-0.1, -0.05) is 0 Å². The van der Waals surface area contributed by atoms with Crippen molar-refractivity contribution >= 4 is 23.2 Å². The Bertz CT molecular complexity index is 501. The van der Waals surface area contributed by atoms with Crippen LogP contribution in [0, 0.1) is 10.1 Å². The van der Waals surface area contributed by atoms with Crippen LogP contribution in [0.2, 0.25) is 0 Å². The van der Waals surface area contributed by atoms with Gasteiger partial charge in [-0.2, -0.15) is 0 Å². The number of carbonyl (C=O) groups excluding carboxylic acids is 2. The van der Waals surface area contributed by atoms with Crippen molar-refractivity contribution in [2.24, 2.45) is 5.73 Å². The number of nitrogens with one attached hydrogen (secondary N) is 2. The number of nitro groups is 1. The molecule has 8 nitrogen and oxygen atoms in total. The van der Waals surface area contributed by atoms with Gasteiger partial charge in [-0.25, -0.2) is 0 Å². The van der Waals surface area contributed by atoms with Crippen molar-refractivity contribution < 1.29 is 14.5 Å². The Labute approximate surface area is 102 Å². The van der Waals surface area contributed by atoms with Crippen LogP contribution in [0.1, 0.15) is 10.4 Å². The van der Waals surface area contributed by atoms with Crippen molar-refractivity contribution in [2.75, 3.05) is 18.9 Å². The number of hydrogen-bond donors (Lipinski definition) is 3. The van der Waals surface area contributed by atoms with Crippen molar-refractivity contribution in [3.8, 4) is 0 Å². The quantitative estimate of drug-likeness (QED) is 0.496. The molecule has 1 aromatic carbocycles. The lowest BCUT2D eigenvalue weighted by atomic mass is 10.1. The molecule has 2 amide bonds. The van der Waals surface area contributed by atoms with Crippen LogP contribution >= 0.6 is 0 Å². The molecule has 0 atom stereocenters. The fourth-order valence-electron chi connectivity index (χ4n) is 1.30.